The van der Waals surface area contributed by atoms with Gasteiger partial charge in [0, 0.05) is 36.1 Å². The topological polar surface area (TPSA) is 48.5 Å². The van der Waals surface area contributed by atoms with Crippen molar-refractivity contribution < 1.29 is 0 Å². The fourth-order valence-corrected chi connectivity index (χ4v) is 3.04. The Bertz CT molecular complexity index is 877. The summed E-state index contributed by atoms with van der Waals surface area (Å²) in [5.41, 5.74) is 3.35. The lowest BCUT2D eigenvalue weighted by Crippen LogP contribution is -2.01. The largest absolute Gasteiger partial charge is 0.331 e. The Kier molecular flexibility index (Phi) is 3.73. The van der Waals surface area contributed by atoms with Gasteiger partial charge in [0.25, 0.3) is 0 Å². The van der Waals surface area contributed by atoms with Gasteiger partial charge in [0.1, 0.15) is 5.82 Å². The van der Waals surface area contributed by atoms with E-state index in [2.05, 4.69) is 25.2 Å². The molecule has 0 aliphatic carbocycles. The summed E-state index contributed by atoms with van der Waals surface area (Å²) in [5, 5.41) is 6.46. The molecule has 0 fully saturated rings. The molecule has 0 saturated carbocycles. The number of rotatable bonds is 5. The molecule has 1 aromatic carbocycles. The monoisotopic (exact) mass is 321 g/mol. The minimum atomic E-state index is 0.867. The lowest BCUT2D eigenvalue weighted by molar-refractivity contribution is 0.703. The number of aromatic nitrogens is 5. The van der Waals surface area contributed by atoms with Gasteiger partial charge in [-0.15, -0.1) is 0 Å². The summed E-state index contributed by atoms with van der Waals surface area (Å²) < 4.78 is 8.22. The fourth-order valence-electron chi connectivity index (χ4n) is 2.53. The lowest BCUT2D eigenvalue weighted by Gasteiger charge is -2.05. The van der Waals surface area contributed by atoms with E-state index in [0.29, 0.717) is 0 Å². The molecule has 23 heavy (non-hydrogen) atoms. The second-order valence-corrected chi connectivity index (χ2v) is 5.89. The van der Waals surface area contributed by atoms with Gasteiger partial charge in [-0.1, -0.05) is 18.2 Å². The van der Waals surface area contributed by atoms with Crippen LogP contribution in [0.3, 0.4) is 0 Å². The SMILES string of the molecule is c1ccc(-n2cc(CCn3ccnc3-c3cnsc3)cn2)cc1. The number of aryl methyl sites for hydroxylation is 2. The van der Waals surface area contributed by atoms with Gasteiger partial charge in [-0.05, 0) is 35.6 Å². The lowest BCUT2D eigenvalue weighted by atomic mass is 10.2. The summed E-state index contributed by atoms with van der Waals surface area (Å²) in [5.74, 6) is 0.967. The standard InChI is InChI=1S/C17H15N5S/c1-2-4-16(5-3-1)22-12-14(10-19-22)6-8-21-9-7-18-17(21)15-11-20-23-13-15/h1-5,7,9-13H,6,8H2. The van der Waals surface area contributed by atoms with Crippen molar-refractivity contribution >= 4 is 11.5 Å². The summed E-state index contributed by atoms with van der Waals surface area (Å²) in [7, 11) is 0. The first kappa shape index (κ1) is 13.9. The number of benzene rings is 1. The maximum Gasteiger partial charge on any atom is 0.142 e. The van der Waals surface area contributed by atoms with Crippen LogP contribution < -0.4 is 0 Å². The zero-order valence-electron chi connectivity index (χ0n) is 12.4. The zero-order valence-corrected chi connectivity index (χ0v) is 13.2. The minimum Gasteiger partial charge on any atom is -0.331 e. The predicted octanol–water partition coefficient (Wildman–Crippen LogP) is 3.44. The molecule has 0 radical (unpaired) electrons. The molecule has 0 aliphatic heterocycles. The molecule has 4 aromatic rings. The van der Waals surface area contributed by atoms with Crippen LogP contribution in [-0.2, 0) is 13.0 Å². The van der Waals surface area contributed by atoms with Gasteiger partial charge in [0.15, 0.2) is 0 Å². The van der Waals surface area contributed by atoms with Crippen LogP contribution >= 0.6 is 11.5 Å². The minimum absolute atomic E-state index is 0.867. The molecule has 0 spiro atoms. The van der Waals surface area contributed by atoms with Crippen LogP contribution in [0, 0.1) is 0 Å². The average Bonchev–Trinajstić information content (AvgIpc) is 3.33. The van der Waals surface area contributed by atoms with Crippen LogP contribution in [-0.4, -0.2) is 23.7 Å². The first-order valence-electron chi connectivity index (χ1n) is 7.40. The molecule has 4 rings (SSSR count). The molecule has 114 valence electrons. The van der Waals surface area contributed by atoms with Crippen molar-refractivity contribution in [2.24, 2.45) is 0 Å². The molecule has 6 heteroatoms. The molecule has 3 heterocycles. The summed E-state index contributed by atoms with van der Waals surface area (Å²) in [6.45, 7) is 0.867. The Balaban J connectivity index is 1.49. The van der Waals surface area contributed by atoms with Gasteiger partial charge in [0.2, 0.25) is 0 Å². The zero-order chi connectivity index (χ0) is 15.5. The highest BCUT2D eigenvalue weighted by atomic mass is 32.1. The number of hydrogen-bond acceptors (Lipinski definition) is 4. The van der Waals surface area contributed by atoms with Crippen molar-refractivity contribution in [1.82, 2.24) is 23.7 Å². The van der Waals surface area contributed by atoms with Crippen molar-refractivity contribution in [3.8, 4) is 17.1 Å². The van der Waals surface area contributed by atoms with E-state index in [-0.39, 0.29) is 0 Å². The highest BCUT2D eigenvalue weighted by molar-refractivity contribution is 7.03. The Morgan fingerprint density at radius 1 is 1.09 bits per heavy atom. The van der Waals surface area contributed by atoms with E-state index in [1.165, 1.54) is 17.1 Å². The van der Waals surface area contributed by atoms with E-state index in [4.69, 9.17) is 0 Å². The average molecular weight is 321 g/mol. The maximum absolute atomic E-state index is 4.44. The van der Waals surface area contributed by atoms with E-state index in [1.807, 2.05) is 65.2 Å². The van der Waals surface area contributed by atoms with E-state index in [1.54, 1.807) is 0 Å². The van der Waals surface area contributed by atoms with Gasteiger partial charge < -0.3 is 4.57 Å². The number of para-hydroxylation sites is 1. The molecular weight excluding hydrogens is 306 g/mol. The Labute approximate surface area is 138 Å². The second-order valence-electron chi connectivity index (χ2n) is 5.24. The van der Waals surface area contributed by atoms with E-state index in [0.717, 1.165) is 30.0 Å². The number of hydrogen-bond donors (Lipinski definition) is 0. The molecule has 0 aliphatic rings. The molecule has 0 saturated heterocycles. The van der Waals surface area contributed by atoms with Gasteiger partial charge in [-0.25, -0.2) is 14.0 Å². The quantitative estimate of drug-likeness (QED) is 0.566. The Morgan fingerprint density at radius 3 is 2.83 bits per heavy atom. The molecule has 0 N–H and O–H groups in total. The fraction of sp³-hybridized carbons (Fsp3) is 0.118. The first-order chi connectivity index (χ1) is 11.4. The van der Waals surface area contributed by atoms with Crippen LogP contribution in [0.5, 0.6) is 0 Å². The smallest absolute Gasteiger partial charge is 0.142 e. The Hall–Kier alpha value is -2.73. The van der Waals surface area contributed by atoms with Crippen LogP contribution in [0.2, 0.25) is 0 Å². The van der Waals surface area contributed by atoms with E-state index < -0.39 is 0 Å². The predicted molar refractivity (Wildman–Crippen MR) is 90.6 cm³/mol. The molecule has 5 nitrogen and oxygen atoms in total. The van der Waals surface area contributed by atoms with Crippen LogP contribution in [0.25, 0.3) is 17.1 Å². The van der Waals surface area contributed by atoms with Crippen molar-refractivity contribution in [3.63, 3.8) is 0 Å². The van der Waals surface area contributed by atoms with Crippen molar-refractivity contribution in [1.29, 1.82) is 0 Å². The molecule has 3 aromatic heterocycles. The van der Waals surface area contributed by atoms with E-state index >= 15 is 0 Å². The normalized spacial score (nSPS) is 11.0. The van der Waals surface area contributed by atoms with Crippen molar-refractivity contribution in [3.05, 3.63) is 72.3 Å². The second kappa shape index (κ2) is 6.18. The highest BCUT2D eigenvalue weighted by Gasteiger charge is 2.08. The third kappa shape index (κ3) is 2.93. The van der Waals surface area contributed by atoms with Crippen LogP contribution in [0.1, 0.15) is 5.56 Å². The highest BCUT2D eigenvalue weighted by Crippen LogP contribution is 2.19. The van der Waals surface area contributed by atoms with Crippen molar-refractivity contribution in [2.45, 2.75) is 13.0 Å². The first-order valence-corrected chi connectivity index (χ1v) is 8.24. The number of nitrogens with zero attached hydrogens (tertiary/aromatic N) is 5. The van der Waals surface area contributed by atoms with Gasteiger partial charge in [-0.3, -0.25) is 0 Å². The molecular formula is C17H15N5S. The molecule has 0 unspecified atom stereocenters. The third-order valence-electron chi connectivity index (χ3n) is 3.70. The summed E-state index contributed by atoms with van der Waals surface area (Å²) in [4.78, 5) is 4.43. The summed E-state index contributed by atoms with van der Waals surface area (Å²) in [6, 6.07) is 10.1. The Morgan fingerprint density at radius 2 is 2.00 bits per heavy atom. The molecule has 0 amide bonds. The molecule has 0 bridgehead atoms. The summed E-state index contributed by atoms with van der Waals surface area (Å²) >= 11 is 1.45. The van der Waals surface area contributed by atoms with Crippen LogP contribution in [0.15, 0.2) is 66.7 Å². The van der Waals surface area contributed by atoms with Gasteiger partial charge in [-0.2, -0.15) is 5.10 Å². The van der Waals surface area contributed by atoms with Crippen molar-refractivity contribution in [2.75, 3.05) is 0 Å². The number of imidazole rings is 1. The van der Waals surface area contributed by atoms with E-state index in [9.17, 15) is 0 Å². The van der Waals surface area contributed by atoms with Gasteiger partial charge in [0.05, 0.1) is 18.1 Å². The molecule has 0 atom stereocenters. The van der Waals surface area contributed by atoms with Gasteiger partial charge >= 0.3 is 0 Å². The van der Waals surface area contributed by atoms with Crippen LogP contribution in [0.4, 0.5) is 0 Å². The third-order valence-corrected chi connectivity index (χ3v) is 4.29. The summed E-state index contributed by atoms with van der Waals surface area (Å²) in [6.07, 6.45) is 10.6. The maximum atomic E-state index is 4.44.